The van der Waals surface area contributed by atoms with Crippen LogP contribution in [0.3, 0.4) is 0 Å². The summed E-state index contributed by atoms with van der Waals surface area (Å²) in [6.07, 6.45) is 1.77. The fraction of sp³-hybridized carbons (Fsp3) is 0.227. The number of para-hydroxylation sites is 1. The van der Waals surface area contributed by atoms with E-state index in [4.69, 9.17) is 9.47 Å². The zero-order chi connectivity index (χ0) is 21.5. The lowest BCUT2D eigenvalue weighted by molar-refractivity contribution is -0.130. The van der Waals surface area contributed by atoms with Crippen LogP contribution in [0.15, 0.2) is 58.4 Å². The molecule has 1 heterocycles. The SMILES string of the molecule is CCOc1cc(/C=C2/SC(=Nc3ccccc3)NC2=O)ccc1OCC(=O)N(C)C. The minimum Gasteiger partial charge on any atom is -0.490 e. The lowest BCUT2D eigenvalue weighted by atomic mass is 10.2. The zero-order valence-electron chi connectivity index (χ0n) is 17.0. The van der Waals surface area contributed by atoms with Gasteiger partial charge in [0.2, 0.25) is 0 Å². The Hall–Kier alpha value is -3.26. The summed E-state index contributed by atoms with van der Waals surface area (Å²) in [6, 6.07) is 14.8. The predicted molar refractivity (Wildman–Crippen MR) is 119 cm³/mol. The number of thioether (sulfide) groups is 1. The Labute approximate surface area is 179 Å². The number of carbonyl (C=O) groups is 2. The van der Waals surface area contributed by atoms with E-state index in [1.807, 2.05) is 43.3 Å². The van der Waals surface area contributed by atoms with Crippen molar-refractivity contribution in [3.63, 3.8) is 0 Å². The Kier molecular flexibility index (Phi) is 7.13. The molecule has 0 spiro atoms. The highest BCUT2D eigenvalue weighted by atomic mass is 32.2. The zero-order valence-corrected chi connectivity index (χ0v) is 17.9. The Morgan fingerprint density at radius 3 is 2.60 bits per heavy atom. The molecule has 1 aliphatic heterocycles. The van der Waals surface area contributed by atoms with E-state index in [0.717, 1.165) is 11.3 Å². The average Bonchev–Trinajstić information content (AvgIpc) is 3.06. The molecule has 2 amide bonds. The number of rotatable bonds is 7. The molecule has 0 unspecified atom stereocenters. The van der Waals surface area contributed by atoms with Crippen LogP contribution in [-0.2, 0) is 9.59 Å². The number of carbonyl (C=O) groups excluding carboxylic acids is 2. The van der Waals surface area contributed by atoms with E-state index < -0.39 is 0 Å². The van der Waals surface area contributed by atoms with Gasteiger partial charge in [0.15, 0.2) is 23.3 Å². The monoisotopic (exact) mass is 425 g/mol. The second-order valence-corrected chi connectivity index (χ2v) is 7.56. The maximum Gasteiger partial charge on any atom is 0.264 e. The molecule has 0 radical (unpaired) electrons. The first-order valence-corrected chi connectivity index (χ1v) is 10.2. The van der Waals surface area contributed by atoms with Crippen LogP contribution in [0, 0.1) is 0 Å². The number of amidine groups is 1. The normalized spacial score (nSPS) is 15.9. The van der Waals surface area contributed by atoms with Gasteiger partial charge in [-0.1, -0.05) is 24.3 Å². The highest BCUT2D eigenvalue weighted by Crippen LogP contribution is 2.32. The molecule has 1 aliphatic rings. The summed E-state index contributed by atoms with van der Waals surface area (Å²) in [5.74, 6) is 0.640. The quantitative estimate of drug-likeness (QED) is 0.688. The number of hydrogen-bond acceptors (Lipinski definition) is 6. The number of nitrogens with one attached hydrogen (secondary N) is 1. The predicted octanol–water partition coefficient (Wildman–Crippen LogP) is 3.44. The highest BCUT2D eigenvalue weighted by molar-refractivity contribution is 8.18. The van der Waals surface area contributed by atoms with Crippen molar-refractivity contribution < 1.29 is 19.1 Å². The number of amides is 2. The molecule has 1 fully saturated rings. The molecule has 7 nitrogen and oxygen atoms in total. The highest BCUT2D eigenvalue weighted by Gasteiger charge is 2.24. The van der Waals surface area contributed by atoms with Crippen molar-refractivity contribution in [2.75, 3.05) is 27.3 Å². The van der Waals surface area contributed by atoms with E-state index in [9.17, 15) is 9.59 Å². The van der Waals surface area contributed by atoms with Crippen molar-refractivity contribution in [1.29, 1.82) is 0 Å². The van der Waals surface area contributed by atoms with Gasteiger partial charge in [-0.2, -0.15) is 0 Å². The Morgan fingerprint density at radius 2 is 1.90 bits per heavy atom. The molecule has 8 heteroatoms. The van der Waals surface area contributed by atoms with Crippen molar-refractivity contribution in [3.05, 3.63) is 59.0 Å². The molecular formula is C22H23N3O4S. The van der Waals surface area contributed by atoms with E-state index in [1.165, 1.54) is 16.7 Å². The number of hydrogen-bond donors (Lipinski definition) is 1. The molecule has 3 rings (SSSR count). The largest absolute Gasteiger partial charge is 0.490 e. The summed E-state index contributed by atoms with van der Waals surface area (Å²) in [6.45, 7) is 2.23. The average molecular weight is 426 g/mol. The van der Waals surface area contributed by atoms with Crippen LogP contribution < -0.4 is 14.8 Å². The van der Waals surface area contributed by atoms with Crippen molar-refractivity contribution in [2.45, 2.75) is 6.92 Å². The van der Waals surface area contributed by atoms with Crippen LogP contribution in [0.2, 0.25) is 0 Å². The summed E-state index contributed by atoms with van der Waals surface area (Å²) < 4.78 is 11.3. The summed E-state index contributed by atoms with van der Waals surface area (Å²) in [4.78, 5) is 30.5. The molecule has 30 heavy (non-hydrogen) atoms. The van der Waals surface area contributed by atoms with Gasteiger partial charge < -0.3 is 19.7 Å². The van der Waals surface area contributed by atoms with Gasteiger partial charge in [0, 0.05) is 14.1 Å². The summed E-state index contributed by atoms with van der Waals surface area (Å²) in [5, 5.41) is 3.31. The molecular weight excluding hydrogens is 402 g/mol. The molecule has 156 valence electrons. The fourth-order valence-corrected chi connectivity index (χ4v) is 3.36. The second-order valence-electron chi connectivity index (χ2n) is 6.53. The Morgan fingerprint density at radius 1 is 1.13 bits per heavy atom. The first-order valence-electron chi connectivity index (χ1n) is 9.40. The van der Waals surface area contributed by atoms with E-state index in [-0.39, 0.29) is 18.4 Å². The molecule has 2 aromatic carbocycles. The third kappa shape index (κ3) is 5.64. The molecule has 0 atom stereocenters. The number of likely N-dealkylation sites (N-methyl/N-ethyl adjacent to an activating group) is 1. The smallest absolute Gasteiger partial charge is 0.264 e. The van der Waals surface area contributed by atoms with Gasteiger partial charge in [0.25, 0.3) is 11.8 Å². The summed E-state index contributed by atoms with van der Waals surface area (Å²) >= 11 is 1.28. The Bertz CT molecular complexity index is 987. The minimum atomic E-state index is -0.204. The fourth-order valence-electron chi connectivity index (χ4n) is 2.52. The summed E-state index contributed by atoms with van der Waals surface area (Å²) in [7, 11) is 3.34. The van der Waals surface area contributed by atoms with Crippen LogP contribution in [0.1, 0.15) is 12.5 Å². The maximum absolute atomic E-state index is 12.3. The number of aliphatic imine (C=N–C) groups is 1. The molecule has 0 aliphatic carbocycles. The minimum absolute atomic E-state index is 0.0783. The van der Waals surface area contributed by atoms with Crippen LogP contribution in [0.5, 0.6) is 11.5 Å². The lowest BCUT2D eigenvalue weighted by Gasteiger charge is -2.14. The molecule has 1 saturated heterocycles. The van der Waals surface area contributed by atoms with E-state index in [1.54, 1.807) is 32.3 Å². The van der Waals surface area contributed by atoms with Crippen molar-refractivity contribution in [3.8, 4) is 11.5 Å². The van der Waals surface area contributed by atoms with Crippen LogP contribution in [0.25, 0.3) is 6.08 Å². The van der Waals surface area contributed by atoms with E-state index in [2.05, 4.69) is 10.3 Å². The molecule has 1 N–H and O–H groups in total. The van der Waals surface area contributed by atoms with Crippen molar-refractivity contribution in [2.24, 2.45) is 4.99 Å². The van der Waals surface area contributed by atoms with Gasteiger partial charge in [-0.05, 0) is 54.6 Å². The van der Waals surface area contributed by atoms with Gasteiger partial charge >= 0.3 is 0 Å². The third-order valence-electron chi connectivity index (χ3n) is 4.05. The van der Waals surface area contributed by atoms with Crippen LogP contribution in [0.4, 0.5) is 5.69 Å². The first kappa shape index (κ1) is 21.4. The molecule has 0 saturated carbocycles. The second kappa shape index (κ2) is 9.98. The first-order chi connectivity index (χ1) is 14.5. The van der Waals surface area contributed by atoms with E-state index >= 15 is 0 Å². The lowest BCUT2D eigenvalue weighted by Crippen LogP contribution is -2.27. The van der Waals surface area contributed by atoms with Gasteiger partial charge in [0.1, 0.15) is 0 Å². The maximum atomic E-state index is 12.3. The standard InChI is InChI=1S/C22H23N3O4S/c1-4-28-18-12-15(10-11-17(18)29-14-20(26)25(2)3)13-19-21(27)24-22(30-19)23-16-8-6-5-7-9-16/h5-13H,4,14H2,1-3H3,(H,23,24,27)/b19-13+. The van der Waals surface area contributed by atoms with Crippen LogP contribution in [-0.4, -0.2) is 49.2 Å². The van der Waals surface area contributed by atoms with Crippen molar-refractivity contribution >= 4 is 40.5 Å². The van der Waals surface area contributed by atoms with Gasteiger partial charge in [-0.25, -0.2) is 4.99 Å². The number of benzene rings is 2. The molecule has 0 aromatic heterocycles. The molecule has 0 bridgehead atoms. The van der Waals surface area contributed by atoms with Crippen molar-refractivity contribution in [1.82, 2.24) is 10.2 Å². The van der Waals surface area contributed by atoms with Gasteiger partial charge in [0.05, 0.1) is 17.2 Å². The summed E-state index contributed by atoms with van der Waals surface area (Å²) in [5.41, 5.74) is 1.55. The van der Waals surface area contributed by atoms with Gasteiger partial charge in [-0.15, -0.1) is 0 Å². The number of nitrogens with zero attached hydrogens (tertiary/aromatic N) is 2. The van der Waals surface area contributed by atoms with Gasteiger partial charge in [-0.3, -0.25) is 9.59 Å². The molecule has 2 aromatic rings. The topological polar surface area (TPSA) is 80.2 Å². The third-order valence-corrected chi connectivity index (χ3v) is 4.96. The van der Waals surface area contributed by atoms with Crippen LogP contribution >= 0.6 is 11.8 Å². The Balaban J connectivity index is 1.77. The van der Waals surface area contributed by atoms with E-state index in [0.29, 0.717) is 28.2 Å². The number of ether oxygens (including phenoxy) is 2.